The highest BCUT2D eigenvalue weighted by Gasteiger charge is 2.29. The van der Waals surface area contributed by atoms with Gasteiger partial charge in [0.1, 0.15) is 5.82 Å². The summed E-state index contributed by atoms with van der Waals surface area (Å²) in [5, 5.41) is 3.10. The molecular formula is C14H16FNO. The first-order valence-corrected chi connectivity index (χ1v) is 6.33. The molecule has 2 aliphatic rings. The van der Waals surface area contributed by atoms with Crippen LogP contribution in [-0.2, 0) is 11.2 Å². The smallest absolute Gasteiger partial charge is 0.223 e. The van der Waals surface area contributed by atoms with Gasteiger partial charge in [0.05, 0.1) is 6.04 Å². The van der Waals surface area contributed by atoms with Crippen LogP contribution in [0.15, 0.2) is 18.2 Å². The lowest BCUT2D eigenvalue weighted by Crippen LogP contribution is -2.36. The number of halogens is 1. The number of carbonyl (C=O) groups excluding carboxylic acids is 1. The van der Waals surface area contributed by atoms with Crippen molar-refractivity contribution in [3.63, 3.8) is 0 Å². The zero-order chi connectivity index (χ0) is 11.8. The third-order valence-electron chi connectivity index (χ3n) is 3.98. The summed E-state index contributed by atoms with van der Waals surface area (Å²) in [6.07, 6.45) is 4.98. The van der Waals surface area contributed by atoms with Crippen molar-refractivity contribution in [1.82, 2.24) is 5.32 Å². The molecule has 1 saturated carbocycles. The van der Waals surface area contributed by atoms with Crippen LogP contribution >= 0.6 is 0 Å². The van der Waals surface area contributed by atoms with Crippen LogP contribution in [0.2, 0.25) is 0 Å². The van der Waals surface area contributed by atoms with E-state index in [0.717, 1.165) is 36.8 Å². The van der Waals surface area contributed by atoms with Crippen LogP contribution < -0.4 is 5.32 Å². The zero-order valence-corrected chi connectivity index (χ0v) is 9.71. The standard InChI is InChI=1S/C14H16FNO/c15-11-5-6-12-10(8-11)4-7-13(12)16-14(17)9-2-1-3-9/h5-6,8-9,13H,1-4,7H2,(H,16,17)/t13-/m0/s1. The van der Waals surface area contributed by atoms with Gasteiger partial charge in [0, 0.05) is 5.92 Å². The van der Waals surface area contributed by atoms with E-state index >= 15 is 0 Å². The highest BCUT2D eigenvalue weighted by molar-refractivity contribution is 5.80. The summed E-state index contributed by atoms with van der Waals surface area (Å²) >= 11 is 0. The van der Waals surface area contributed by atoms with Crippen molar-refractivity contribution in [2.24, 2.45) is 5.92 Å². The van der Waals surface area contributed by atoms with Crippen LogP contribution in [0.4, 0.5) is 4.39 Å². The lowest BCUT2D eigenvalue weighted by atomic mass is 9.84. The number of amides is 1. The number of nitrogens with one attached hydrogen (secondary N) is 1. The Labute approximate surface area is 100 Å². The molecule has 1 aromatic rings. The van der Waals surface area contributed by atoms with E-state index < -0.39 is 0 Å². The highest BCUT2D eigenvalue weighted by Crippen LogP contribution is 2.33. The van der Waals surface area contributed by atoms with E-state index in [1.807, 2.05) is 6.07 Å². The molecule has 0 saturated heterocycles. The molecule has 17 heavy (non-hydrogen) atoms. The first-order chi connectivity index (χ1) is 8.24. The molecule has 0 aliphatic heterocycles. The summed E-state index contributed by atoms with van der Waals surface area (Å²) < 4.78 is 13.1. The Balaban J connectivity index is 1.72. The Morgan fingerprint density at radius 1 is 1.29 bits per heavy atom. The van der Waals surface area contributed by atoms with Gasteiger partial charge in [-0.2, -0.15) is 0 Å². The largest absolute Gasteiger partial charge is 0.349 e. The molecule has 1 aromatic carbocycles. The Hall–Kier alpha value is -1.38. The lowest BCUT2D eigenvalue weighted by molar-refractivity contribution is -0.128. The molecule has 1 amide bonds. The highest BCUT2D eigenvalue weighted by atomic mass is 19.1. The third kappa shape index (κ3) is 1.94. The van der Waals surface area contributed by atoms with Crippen molar-refractivity contribution in [2.75, 3.05) is 0 Å². The number of rotatable bonds is 2. The van der Waals surface area contributed by atoms with Crippen LogP contribution in [-0.4, -0.2) is 5.91 Å². The van der Waals surface area contributed by atoms with E-state index in [1.165, 1.54) is 12.5 Å². The summed E-state index contributed by atoms with van der Waals surface area (Å²) in [6.45, 7) is 0. The monoisotopic (exact) mass is 233 g/mol. The van der Waals surface area contributed by atoms with Gasteiger partial charge in [0.2, 0.25) is 5.91 Å². The van der Waals surface area contributed by atoms with Crippen molar-refractivity contribution in [1.29, 1.82) is 0 Å². The van der Waals surface area contributed by atoms with E-state index in [9.17, 15) is 9.18 Å². The predicted octanol–water partition coefficient (Wildman–Crippen LogP) is 2.73. The average Bonchev–Trinajstić information content (AvgIpc) is 2.58. The Morgan fingerprint density at radius 3 is 2.82 bits per heavy atom. The average molecular weight is 233 g/mol. The number of fused-ring (bicyclic) bond motifs is 1. The van der Waals surface area contributed by atoms with Gasteiger partial charge in [0.25, 0.3) is 0 Å². The van der Waals surface area contributed by atoms with Crippen molar-refractivity contribution in [2.45, 2.75) is 38.1 Å². The van der Waals surface area contributed by atoms with Gasteiger partial charge < -0.3 is 5.32 Å². The second-order valence-corrected chi connectivity index (χ2v) is 5.07. The summed E-state index contributed by atoms with van der Waals surface area (Å²) in [5.41, 5.74) is 2.14. The lowest BCUT2D eigenvalue weighted by Gasteiger charge is -2.26. The van der Waals surface area contributed by atoms with Crippen LogP contribution in [0.25, 0.3) is 0 Å². The van der Waals surface area contributed by atoms with Gasteiger partial charge in [-0.25, -0.2) is 4.39 Å². The zero-order valence-electron chi connectivity index (χ0n) is 9.71. The van der Waals surface area contributed by atoms with Crippen molar-refractivity contribution in [3.8, 4) is 0 Å². The predicted molar refractivity (Wildman–Crippen MR) is 62.9 cm³/mol. The molecule has 0 unspecified atom stereocenters. The van der Waals surface area contributed by atoms with E-state index in [2.05, 4.69) is 5.32 Å². The van der Waals surface area contributed by atoms with Gasteiger partial charge >= 0.3 is 0 Å². The van der Waals surface area contributed by atoms with Crippen molar-refractivity contribution >= 4 is 5.91 Å². The molecule has 0 bridgehead atoms. The number of hydrogen-bond donors (Lipinski definition) is 1. The molecule has 0 aromatic heterocycles. The maximum absolute atomic E-state index is 13.1. The summed E-state index contributed by atoms with van der Waals surface area (Å²) in [6, 6.07) is 4.97. The van der Waals surface area contributed by atoms with Gasteiger partial charge in [-0.15, -0.1) is 0 Å². The minimum Gasteiger partial charge on any atom is -0.349 e. The van der Waals surface area contributed by atoms with Gasteiger partial charge in [0.15, 0.2) is 0 Å². The number of aryl methyl sites for hydroxylation is 1. The fourth-order valence-electron chi connectivity index (χ4n) is 2.70. The number of hydrogen-bond acceptors (Lipinski definition) is 1. The molecule has 3 heteroatoms. The van der Waals surface area contributed by atoms with E-state index in [1.54, 1.807) is 6.07 Å². The Kier molecular flexibility index (Phi) is 2.61. The maximum atomic E-state index is 13.1. The minimum absolute atomic E-state index is 0.0960. The molecule has 90 valence electrons. The normalized spacial score (nSPS) is 23.0. The molecule has 2 nitrogen and oxygen atoms in total. The van der Waals surface area contributed by atoms with Gasteiger partial charge in [-0.1, -0.05) is 12.5 Å². The van der Waals surface area contributed by atoms with Crippen molar-refractivity contribution < 1.29 is 9.18 Å². The second-order valence-electron chi connectivity index (χ2n) is 5.07. The first-order valence-electron chi connectivity index (χ1n) is 6.33. The topological polar surface area (TPSA) is 29.1 Å². The second kappa shape index (κ2) is 4.13. The van der Waals surface area contributed by atoms with Gasteiger partial charge in [-0.3, -0.25) is 4.79 Å². The molecule has 0 spiro atoms. The number of carbonyl (C=O) groups is 1. The summed E-state index contributed by atoms with van der Waals surface area (Å²) in [7, 11) is 0. The molecule has 1 fully saturated rings. The third-order valence-corrected chi connectivity index (χ3v) is 3.98. The van der Waals surface area contributed by atoms with Crippen molar-refractivity contribution in [3.05, 3.63) is 35.1 Å². The molecule has 1 atom stereocenters. The van der Waals surface area contributed by atoms with E-state index in [4.69, 9.17) is 0 Å². The number of benzene rings is 1. The Bertz CT molecular complexity index is 454. The van der Waals surface area contributed by atoms with Crippen LogP contribution in [0.3, 0.4) is 0 Å². The molecule has 0 heterocycles. The first kappa shape index (κ1) is 10.8. The summed E-state index contributed by atoms with van der Waals surface area (Å²) in [4.78, 5) is 11.9. The molecule has 3 rings (SSSR count). The van der Waals surface area contributed by atoms with E-state index in [0.29, 0.717) is 0 Å². The maximum Gasteiger partial charge on any atom is 0.223 e. The van der Waals surface area contributed by atoms with Crippen LogP contribution in [0.1, 0.15) is 42.9 Å². The molecule has 2 aliphatic carbocycles. The summed E-state index contributed by atoms with van der Waals surface area (Å²) in [5.74, 6) is 0.215. The fourth-order valence-corrected chi connectivity index (χ4v) is 2.70. The fraction of sp³-hybridized carbons (Fsp3) is 0.500. The Morgan fingerprint density at radius 2 is 2.12 bits per heavy atom. The van der Waals surface area contributed by atoms with Crippen LogP contribution in [0.5, 0.6) is 0 Å². The molecule has 0 radical (unpaired) electrons. The van der Waals surface area contributed by atoms with E-state index in [-0.39, 0.29) is 23.7 Å². The SMILES string of the molecule is O=C(N[C@H]1CCc2cc(F)ccc21)C1CCC1. The quantitative estimate of drug-likeness (QED) is 0.836. The molecule has 1 N–H and O–H groups in total. The molecular weight excluding hydrogens is 217 g/mol. The minimum atomic E-state index is -0.185. The van der Waals surface area contributed by atoms with Gasteiger partial charge in [-0.05, 0) is 48.9 Å². The van der Waals surface area contributed by atoms with Crippen LogP contribution in [0, 0.1) is 11.7 Å².